The number of hydrogen-bond acceptors (Lipinski definition) is 4. The van der Waals surface area contributed by atoms with Gasteiger partial charge in [0.1, 0.15) is 4.99 Å². The Kier molecular flexibility index (Phi) is 3.39. The van der Waals surface area contributed by atoms with Gasteiger partial charge in [-0.1, -0.05) is 24.4 Å². The van der Waals surface area contributed by atoms with E-state index in [1.165, 1.54) is 18.2 Å². The molecule has 0 unspecified atom stereocenters. The Bertz CT molecular complexity index is 724. The topological polar surface area (TPSA) is 102 Å². The fourth-order valence-corrected chi connectivity index (χ4v) is 1.78. The standard InChI is InChI=1S/C12H9N3O3S/c13-11(19)9-4-5-10(14-12(9)16)7-2-1-3-8(6-7)15(17)18/h1-6H,(H2,13,19)(H,14,16). The van der Waals surface area contributed by atoms with E-state index in [-0.39, 0.29) is 16.2 Å². The molecule has 0 saturated heterocycles. The first kappa shape index (κ1) is 12.9. The van der Waals surface area contributed by atoms with Crippen LogP contribution in [0.4, 0.5) is 5.69 Å². The molecular formula is C12H9N3O3S. The summed E-state index contributed by atoms with van der Waals surface area (Å²) >= 11 is 4.73. The summed E-state index contributed by atoms with van der Waals surface area (Å²) in [6.45, 7) is 0. The van der Waals surface area contributed by atoms with Crippen molar-refractivity contribution in [3.63, 3.8) is 0 Å². The fraction of sp³-hybridized carbons (Fsp3) is 0. The molecule has 0 spiro atoms. The van der Waals surface area contributed by atoms with Crippen LogP contribution in [0.3, 0.4) is 0 Å². The molecule has 0 aliphatic carbocycles. The van der Waals surface area contributed by atoms with Crippen molar-refractivity contribution in [2.24, 2.45) is 5.73 Å². The zero-order valence-electron chi connectivity index (χ0n) is 9.62. The maximum Gasteiger partial charge on any atom is 0.270 e. The van der Waals surface area contributed by atoms with Gasteiger partial charge in [0.05, 0.1) is 10.5 Å². The minimum Gasteiger partial charge on any atom is -0.389 e. The molecule has 1 aromatic carbocycles. The van der Waals surface area contributed by atoms with Gasteiger partial charge >= 0.3 is 0 Å². The summed E-state index contributed by atoms with van der Waals surface area (Å²) in [5.74, 6) is 0. The molecule has 6 nitrogen and oxygen atoms in total. The number of nitro benzene ring substituents is 1. The van der Waals surface area contributed by atoms with Crippen molar-refractivity contribution in [2.45, 2.75) is 0 Å². The molecule has 0 bridgehead atoms. The lowest BCUT2D eigenvalue weighted by Crippen LogP contribution is -2.22. The van der Waals surface area contributed by atoms with E-state index in [0.29, 0.717) is 11.3 Å². The number of nitrogens with zero attached hydrogens (tertiary/aromatic N) is 1. The summed E-state index contributed by atoms with van der Waals surface area (Å²) in [4.78, 5) is 24.5. The van der Waals surface area contributed by atoms with Crippen LogP contribution >= 0.6 is 12.2 Å². The molecule has 1 aromatic heterocycles. The molecule has 0 aliphatic rings. The van der Waals surface area contributed by atoms with Crippen LogP contribution in [0.2, 0.25) is 0 Å². The van der Waals surface area contributed by atoms with Crippen LogP contribution in [-0.2, 0) is 0 Å². The number of aromatic nitrogens is 1. The summed E-state index contributed by atoms with van der Waals surface area (Å²) in [5, 5.41) is 10.7. The number of nitrogens with one attached hydrogen (secondary N) is 1. The summed E-state index contributed by atoms with van der Waals surface area (Å²) < 4.78 is 0. The van der Waals surface area contributed by atoms with E-state index in [1.54, 1.807) is 18.2 Å². The van der Waals surface area contributed by atoms with Crippen molar-refractivity contribution in [3.05, 3.63) is 62.4 Å². The van der Waals surface area contributed by atoms with Crippen molar-refractivity contribution in [1.82, 2.24) is 4.98 Å². The molecule has 0 fully saturated rings. The highest BCUT2D eigenvalue weighted by molar-refractivity contribution is 7.80. The van der Waals surface area contributed by atoms with Gasteiger partial charge in [-0.2, -0.15) is 0 Å². The van der Waals surface area contributed by atoms with E-state index in [2.05, 4.69) is 4.98 Å². The number of rotatable bonds is 3. The maximum atomic E-state index is 11.7. The van der Waals surface area contributed by atoms with Crippen molar-refractivity contribution < 1.29 is 4.92 Å². The molecule has 0 radical (unpaired) electrons. The van der Waals surface area contributed by atoms with Gasteiger partial charge in [0.15, 0.2) is 0 Å². The van der Waals surface area contributed by atoms with Crippen LogP contribution in [0.15, 0.2) is 41.2 Å². The van der Waals surface area contributed by atoms with E-state index < -0.39 is 10.5 Å². The van der Waals surface area contributed by atoms with E-state index >= 15 is 0 Å². The van der Waals surface area contributed by atoms with Crippen LogP contribution in [0, 0.1) is 10.1 Å². The van der Waals surface area contributed by atoms with Gasteiger partial charge in [-0.15, -0.1) is 0 Å². The normalized spacial score (nSPS) is 10.1. The summed E-state index contributed by atoms with van der Waals surface area (Å²) in [5.41, 5.74) is 6.15. The third-order valence-electron chi connectivity index (χ3n) is 2.54. The molecule has 0 amide bonds. The Morgan fingerprint density at radius 2 is 2.05 bits per heavy atom. The molecule has 3 N–H and O–H groups in total. The molecule has 96 valence electrons. The molecule has 1 heterocycles. The number of thiocarbonyl (C=S) groups is 1. The average Bonchev–Trinajstić information content (AvgIpc) is 2.38. The lowest BCUT2D eigenvalue weighted by Gasteiger charge is -2.03. The van der Waals surface area contributed by atoms with Gasteiger partial charge in [-0.05, 0) is 12.1 Å². The number of benzene rings is 1. The Morgan fingerprint density at radius 3 is 2.63 bits per heavy atom. The van der Waals surface area contributed by atoms with Crippen LogP contribution in [0.5, 0.6) is 0 Å². The average molecular weight is 275 g/mol. The van der Waals surface area contributed by atoms with Gasteiger partial charge in [-0.25, -0.2) is 0 Å². The predicted octanol–water partition coefficient (Wildman–Crippen LogP) is 1.58. The van der Waals surface area contributed by atoms with E-state index in [0.717, 1.165) is 0 Å². The first-order valence-corrected chi connectivity index (χ1v) is 5.68. The van der Waals surface area contributed by atoms with Gasteiger partial charge in [-0.3, -0.25) is 14.9 Å². The van der Waals surface area contributed by atoms with E-state index in [9.17, 15) is 14.9 Å². The number of H-pyrrole nitrogens is 1. The molecule has 7 heteroatoms. The van der Waals surface area contributed by atoms with Crippen molar-refractivity contribution in [2.75, 3.05) is 0 Å². The Hall–Kier alpha value is -2.54. The molecule has 2 rings (SSSR count). The second-order valence-electron chi connectivity index (χ2n) is 3.79. The third-order valence-corrected chi connectivity index (χ3v) is 2.76. The number of non-ortho nitro benzene ring substituents is 1. The number of nitro groups is 1. The van der Waals surface area contributed by atoms with Gasteiger partial charge in [0.25, 0.3) is 11.2 Å². The van der Waals surface area contributed by atoms with Crippen molar-refractivity contribution in [3.8, 4) is 11.3 Å². The van der Waals surface area contributed by atoms with Crippen LogP contribution in [0.1, 0.15) is 5.56 Å². The van der Waals surface area contributed by atoms with Gasteiger partial charge in [0, 0.05) is 23.4 Å². The number of pyridine rings is 1. The van der Waals surface area contributed by atoms with Gasteiger partial charge < -0.3 is 10.7 Å². The zero-order chi connectivity index (χ0) is 14.0. The van der Waals surface area contributed by atoms with Crippen molar-refractivity contribution >= 4 is 22.9 Å². The minimum absolute atomic E-state index is 0.00634. The van der Waals surface area contributed by atoms with Crippen molar-refractivity contribution in [1.29, 1.82) is 0 Å². The van der Waals surface area contributed by atoms with Crippen LogP contribution in [0.25, 0.3) is 11.3 Å². The molecule has 0 saturated carbocycles. The van der Waals surface area contributed by atoms with Crippen LogP contribution in [-0.4, -0.2) is 14.9 Å². The molecule has 19 heavy (non-hydrogen) atoms. The van der Waals surface area contributed by atoms with E-state index in [4.69, 9.17) is 18.0 Å². The van der Waals surface area contributed by atoms with Crippen LogP contribution < -0.4 is 11.3 Å². The molecule has 0 atom stereocenters. The first-order valence-electron chi connectivity index (χ1n) is 5.27. The summed E-state index contributed by atoms with van der Waals surface area (Å²) in [7, 11) is 0. The first-order chi connectivity index (χ1) is 8.99. The highest BCUT2D eigenvalue weighted by atomic mass is 32.1. The third kappa shape index (κ3) is 2.66. The Labute approximate surface area is 113 Å². The van der Waals surface area contributed by atoms with E-state index in [1.807, 2.05) is 0 Å². The zero-order valence-corrected chi connectivity index (χ0v) is 10.4. The number of nitrogens with two attached hydrogens (primary N) is 1. The smallest absolute Gasteiger partial charge is 0.270 e. The largest absolute Gasteiger partial charge is 0.389 e. The van der Waals surface area contributed by atoms with Gasteiger partial charge in [0.2, 0.25) is 0 Å². The Balaban J connectivity index is 2.51. The fourth-order valence-electron chi connectivity index (χ4n) is 1.62. The predicted molar refractivity (Wildman–Crippen MR) is 75.0 cm³/mol. The minimum atomic E-state index is -0.495. The SMILES string of the molecule is NC(=S)c1ccc(-c2cccc([N+](=O)[O-])c2)[nH]c1=O. The quantitative estimate of drug-likeness (QED) is 0.503. The summed E-state index contributed by atoms with van der Waals surface area (Å²) in [6, 6.07) is 9.08. The number of aromatic amines is 1. The summed E-state index contributed by atoms with van der Waals surface area (Å²) in [6.07, 6.45) is 0. The second kappa shape index (κ2) is 4.99. The lowest BCUT2D eigenvalue weighted by atomic mass is 10.1. The Morgan fingerprint density at radius 1 is 1.32 bits per heavy atom. The highest BCUT2D eigenvalue weighted by Gasteiger charge is 2.09. The molecule has 2 aromatic rings. The molecular weight excluding hydrogens is 266 g/mol. The highest BCUT2D eigenvalue weighted by Crippen LogP contribution is 2.21. The number of hydrogen-bond donors (Lipinski definition) is 2. The second-order valence-corrected chi connectivity index (χ2v) is 4.23. The monoisotopic (exact) mass is 275 g/mol. The lowest BCUT2D eigenvalue weighted by molar-refractivity contribution is -0.384. The maximum absolute atomic E-state index is 11.7. The molecule has 0 aliphatic heterocycles.